The number of rotatable bonds is 5. The van der Waals surface area contributed by atoms with Crippen molar-refractivity contribution in [1.29, 1.82) is 0 Å². The highest BCUT2D eigenvalue weighted by atomic mass is 16.5. The summed E-state index contributed by atoms with van der Waals surface area (Å²) in [5.74, 6) is 1.79. The lowest BCUT2D eigenvalue weighted by Gasteiger charge is -2.11. The van der Waals surface area contributed by atoms with Gasteiger partial charge in [0.25, 0.3) is 5.91 Å². The number of carbonyl (C=O) groups excluding carboxylic acids is 1. The molecule has 29 heavy (non-hydrogen) atoms. The Labute approximate surface area is 166 Å². The van der Waals surface area contributed by atoms with Crippen LogP contribution in [0.4, 0.5) is 11.6 Å². The van der Waals surface area contributed by atoms with E-state index in [0.29, 0.717) is 34.6 Å². The van der Waals surface area contributed by atoms with Gasteiger partial charge in [0.2, 0.25) is 11.6 Å². The minimum absolute atomic E-state index is 0.305. The molecule has 1 amide bonds. The number of nitrogens with two attached hydrogens (primary N) is 1. The Balaban J connectivity index is 1.57. The Hall–Kier alpha value is -3.94. The third kappa shape index (κ3) is 3.04. The van der Waals surface area contributed by atoms with Crippen LogP contribution in [-0.4, -0.2) is 27.6 Å². The van der Waals surface area contributed by atoms with Gasteiger partial charge in [0.1, 0.15) is 17.2 Å². The number of aromatic nitrogens is 3. The Morgan fingerprint density at radius 3 is 2.83 bits per heavy atom. The fourth-order valence-electron chi connectivity index (χ4n) is 3.53. The van der Waals surface area contributed by atoms with Gasteiger partial charge in [-0.15, -0.1) is 0 Å². The highest BCUT2D eigenvalue weighted by molar-refractivity contribution is 6.07. The topological polar surface area (TPSA) is 119 Å². The molecule has 4 N–H and O–H groups in total. The predicted octanol–water partition coefficient (Wildman–Crippen LogP) is 2.96. The van der Waals surface area contributed by atoms with Crippen LogP contribution in [0.1, 0.15) is 21.5 Å². The molecule has 2 aromatic heterocycles. The summed E-state index contributed by atoms with van der Waals surface area (Å²) >= 11 is 0. The SMILES string of the molecule is NC(=O)c1cccc2c(-c3nc4c(c(NCc5ccccc5)n3)CCN4)onc12. The lowest BCUT2D eigenvalue weighted by molar-refractivity contribution is 0.100. The van der Waals surface area contributed by atoms with Gasteiger partial charge in [-0.25, -0.2) is 9.97 Å². The van der Waals surface area contributed by atoms with Crippen molar-refractivity contribution in [2.45, 2.75) is 13.0 Å². The number of hydrogen-bond acceptors (Lipinski definition) is 7. The van der Waals surface area contributed by atoms with Crippen LogP contribution in [0.15, 0.2) is 53.1 Å². The third-order valence-electron chi connectivity index (χ3n) is 4.95. The fraction of sp³-hybridized carbons (Fsp3) is 0.143. The third-order valence-corrected chi connectivity index (χ3v) is 4.95. The van der Waals surface area contributed by atoms with Crippen LogP contribution in [0.2, 0.25) is 0 Å². The van der Waals surface area contributed by atoms with Crippen LogP contribution in [0.25, 0.3) is 22.5 Å². The molecule has 0 saturated heterocycles. The summed E-state index contributed by atoms with van der Waals surface area (Å²) in [4.78, 5) is 21.0. The van der Waals surface area contributed by atoms with Gasteiger partial charge in [-0.2, -0.15) is 0 Å². The second kappa shape index (κ2) is 6.90. The second-order valence-corrected chi connectivity index (χ2v) is 6.82. The van der Waals surface area contributed by atoms with Crippen LogP contribution < -0.4 is 16.4 Å². The summed E-state index contributed by atoms with van der Waals surface area (Å²) in [5, 5.41) is 11.4. The normalized spacial score (nSPS) is 12.6. The number of hydrogen-bond donors (Lipinski definition) is 3. The van der Waals surface area contributed by atoms with E-state index in [1.165, 1.54) is 0 Å². The summed E-state index contributed by atoms with van der Waals surface area (Å²) in [6, 6.07) is 15.3. The molecule has 0 bridgehead atoms. The number of nitrogens with one attached hydrogen (secondary N) is 2. The maximum absolute atomic E-state index is 11.7. The lowest BCUT2D eigenvalue weighted by atomic mass is 10.1. The first-order valence-electron chi connectivity index (χ1n) is 9.32. The molecule has 2 aromatic carbocycles. The number of carbonyl (C=O) groups is 1. The summed E-state index contributed by atoms with van der Waals surface area (Å²) in [5.41, 5.74) is 8.37. The Morgan fingerprint density at radius 2 is 2.00 bits per heavy atom. The van der Waals surface area contributed by atoms with Crippen molar-refractivity contribution in [3.05, 3.63) is 65.2 Å². The fourth-order valence-corrected chi connectivity index (χ4v) is 3.53. The number of anilines is 2. The van der Waals surface area contributed by atoms with Crippen LogP contribution in [0, 0.1) is 0 Å². The molecule has 0 aliphatic carbocycles. The van der Waals surface area contributed by atoms with E-state index in [1.54, 1.807) is 12.1 Å². The Bertz CT molecular complexity index is 1220. The summed E-state index contributed by atoms with van der Waals surface area (Å²) < 4.78 is 5.53. The van der Waals surface area contributed by atoms with Crippen molar-refractivity contribution in [3.8, 4) is 11.6 Å². The van der Waals surface area contributed by atoms with Crippen molar-refractivity contribution in [1.82, 2.24) is 15.1 Å². The molecule has 8 nitrogen and oxygen atoms in total. The maximum Gasteiger partial charge on any atom is 0.251 e. The van der Waals surface area contributed by atoms with E-state index in [2.05, 4.69) is 32.9 Å². The van der Waals surface area contributed by atoms with E-state index < -0.39 is 5.91 Å². The minimum Gasteiger partial charge on any atom is -0.369 e. The molecule has 4 aromatic rings. The second-order valence-electron chi connectivity index (χ2n) is 6.82. The van der Waals surface area contributed by atoms with E-state index in [4.69, 9.17) is 15.2 Å². The van der Waals surface area contributed by atoms with Gasteiger partial charge in [0.05, 0.1) is 10.9 Å². The van der Waals surface area contributed by atoms with Gasteiger partial charge in [0.15, 0.2) is 0 Å². The van der Waals surface area contributed by atoms with Crippen molar-refractivity contribution in [2.24, 2.45) is 5.73 Å². The molecule has 0 saturated carbocycles. The molecule has 8 heteroatoms. The lowest BCUT2D eigenvalue weighted by Crippen LogP contribution is -2.11. The van der Waals surface area contributed by atoms with Crippen molar-refractivity contribution >= 4 is 28.4 Å². The van der Waals surface area contributed by atoms with Gasteiger partial charge < -0.3 is 20.9 Å². The van der Waals surface area contributed by atoms with E-state index in [1.807, 2.05) is 24.3 Å². The summed E-state index contributed by atoms with van der Waals surface area (Å²) in [6.07, 6.45) is 0.843. The smallest absolute Gasteiger partial charge is 0.251 e. The van der Waals surface area contributed by atoms with Gasteiger partial charge >= 0.3 is 0 Å². The zero-order valence-corrected chi connectivity index (χ0v) is 15.5. The number of amides is 1. The average Bonchev–Trinajstić information content (AvgIpc) is 3.39. The van der Waals surface area contributed by atoms with Gasteiger partial charge in [-0.05, 0) is 24.1 Å². The minimum atomic E-state index is -0.558. The van der Waals surface area contributed by atoms with Crippen LogP contribution >= 0.6 is 0 Å². The largest absolute Gasteiger partial charge is 0.369 e. The number of fused-ring (bicyclic) bond motifs is 2. The Kier molecular flexibility index (Phi) is 4.09. The highest BCUT2D eigenvalue weighted by Crippen LogP contribution is 2.33. The summed E-state index contributed by atoms with van der Waals surface area (Å²) in [7, 11) is 0. The number of nitrogens with zero attached hydrogens (tertiary/aromatic N) is 3. The zero-order chi connectivity index (χ0) is 19.8. The average molecular weight is 386 g/mol. The molecular weight excluding hydrogens is 368 g/mol. The molecule has 144 valence electrons. The molecule has 3 heterocycles. The molecular formula is C21H18N6O2. The van der Waals surface area contributed by atoms with Crippen LogP contribution in [-0.2, 0) is 13.0 Å². The highest BCUT2D eigenvalue weighted by Gasteiger charge is 2.23. The van der Waals surface area contributed by atoms with E-state index in [9.17, 15) is 4.79 Å². The summed E-state index contributed by atoms with van der Waals surface area (Å²) in [6.45, 7) is 1.45. The van der Waals surface area contributed by atoms with E-state index in [0.717, 1.165) is 35.7 Å². The van der Waals surface area contributed by atoms with Gasteiger partial charge in [-0.3, -0.25) is 4.79 Å². The molecule has 0 unspecified atom stereocenters. The van der Waals surface area contributed by atoms with Crippen molar-refractivity contribution in [2.75, 3.05) is 17.2 Å². The first kappa shape index (κ1) is 17.2. The van der Waals surface area contributed by atoms with Gasteiger partial charge in [0, 0.05) is 18.7 Å². The first-order chi connectivity index (χ1) is 14.2. The molecule has 0 fully saturated rings. The van der Waals surface area contributed by atoms with Crippen LogP contribution in [0.3, 0.4) is 0 Å². The maximum atomic E-state index is 11.7. The quantitative estimate of drug-likeness (QED) is 0.482. The first-order valence-corrected chi connectivity index (χ1v) is 9.32. The zero-order valence-electron chi connectivity index (χ0n) is 15.5. The number of primary amides is 1. The van der Waals surface area contributed by atoms with Crippen LogP contribution in [0.5, 0.6) is 0 Å². The molecule has 0 radical (unpaired) electrons. The number of benzene rings is 2. The molecule has 1 aliphatic heterocycles. The standard InChI is InChI=1S/C21H18N6O2/c22-18(28)14-8-4-7-13-16(14)27-29-17(13)21-25-19-15(9-10-23-19)20(26-21)24-11-12-5-2-1-3-6-12/h1-8H,9-11H2,(H2,22,28)(H2,23,24,25,26). The Morgan fingerprint density at radius 1 is 1.14 bits per heavy atom. The van der Waals surface area contributed by atoms with Crippen molar-refractivity contribution in [3.63, 3.8) is 0 Å². The molecule has 5 rings (SSSR count). The molecule has 1 aliphatic rings. The van der Waals surface area contributed by atoms with E-state index >= 15 is 0 Å². The molecule has 0 spiro atoms. The van der Waals surface area contributed by atoms with Crippen molar-refractivity contribution < 1.29 is 9.32 Å². The monoisotopic (exact) mass is 386 g/mol. The molecule has 0 atom stereocenters. The van der Waals surface area contributed by atoms with Gasteiger partial charge in [-0.1, -0.05) is 41.6 Å². The predicted molar refractivity (Wildman–Crippen MR) is 110 cm³/mol. The van der Waals surface area contributed by atoms with E-state index in [-0.39, 0.29) is 0 Å².